The van der Waals surface area contributed by atoms with E-state index in [9.17, 15) is 18.0 Å². The van der Waals surface area contributed by atoms with Gasteiger partial charge in [0.2, 0.25) is 11.8 Å². The van der Waals surface area contributed by atoms with Crippen molar-refractivity contribution in [2.24, 2.45) is 0 Å². The summed E-state index contributed by atoms with van der Waals surface area (Å²) in [6.07, 6.45) is -0.148. The Bertz CT molecular complexity index is 1050. The Hall–Kier alpha value is -2.32. The van der Waals surface area contributed by atoms with E-state index in [0.29, 0.717) is 11.4 Å². The van der Waals surface area contributed by atoms with Crippen molar-refractivity contribution in [1.82, 2.24) is 0 Å². The number of thioether (sulfide) groups is 1. The molecule has 0 aromatic heterocycles. The van der Waals surface area contributed by atoms with Crippen molar-refractivity contribution in [3.05, 3.63) is 47.5 Å². The SMILES string of the molecule is Cc1ccc(C)c(NC(=O)CCS(=O)(=O)c2ccc3c(c2)NC(=O)[C@H](C)S3)c1. The summed E-state index contributed by atoms with van der Waals surface area (Å²) in [4.78, 5) is 25.0. The predicted octanol–water partition coefficient (Wildman–Crippen LogP) is 3.54. The largest absolute Gasteiger partial charge is 0.326 e. The van der Waals surface area contributed by atoms with Gasteiger partial charge in [-0.05, 0) is 56.2 Å². The van der Waals surface area contributed by atoms with E-state index < -0.39 is 9.84 Å². The van der Waals surface area contributed by atoms with E-state index in [2.05, 4.69) is 10.6 Å². The maximum atomic E-state index is 12.6. The maximum absolute atomic E-state index is 12.6. The fraction of sp³-hybridized carbons (Fsp3) is 0.300. The average molecular weight is 419 g/mol. The van der Waals surface area contributed by atoms with Gasteiger partial charge in [0.05, 0.1) is 21.6 Å². The zero-order valence-corrected chi connectivity index (χ0v) is 17.5. The molecular formula is C20H22N2O4S2. The zero-order chi connectivity index (χ0) is 20.5. The van der Waals surface area contributed by atoms with Crippen LogP contribution in [0, 0.1) is 13.8 Å². The molecule has 2 N–H and O–H groups in total. The molecule has 148 valence electrons. The average Bonchev–Trinajstić information content (AvgIpc) is 2.64. The lowest BCUT2D eigenvalue weighted by Gasteiger charge is -2.21. The Morgan fingerprint density at radius 2 is 1.93 bits per heavy atom. The third kappa shape index (κ3) is 4.56. The number of amides is 2. The number of carbonyl (C=O) groups is 2. The van der Waals surface area contributed by atoms with Gasteiger partial charge in [-0.2, -0.15) is 0 Å². The van der Waals surface area contributed by atoms with Crippen LogP contribution in [0.2, 0.25) is 0 Å². The molecule has 0 aliphatic carbocycles. The minimum atomic E-state index is -3.65. The summed E-state index contributed by atoms with van der Waals surface area (Å²) >= 11 is 1.39. The number of fused-ring (bicyclic) bond motifs is 1. The van der Waals surface area contributed by atoms with Crippen LogP contribution >= 0.6 is 11.8 Å². The van der Waals surface area contributed by atoms with E-state index in [4.69, 9.17) is 0 Å². The van der Waals surface area contributed by atoms with Gasteiger partial charge < -0.3 is 10.6 Å². The Morgan fingerprint density at radius 1 is 1.18 bits per heavy atom. The van der Waals surface area contributed by atoms with E-state index in [-0.39, 0.29) is 34.1 Å². The summed E-state index contributed by atoms with van der Waals surface area (Å²) < 4.78 is 25.3. The first kappa shape index (κ1) is 20.4. The quantitative estimate of drug-likeness (QED) is 0.775. The highest BCUT2D eigenvalue weighted by Gasteiger charge is 2.25. The standard InChI is InChI=1S/C20H22N2O4S2/c1-12-4-5-13(2)16(10-12)21-19(23)8-9-28(25,26)15-6-7-18-17(11-15)22-20(24)14(3)27-18/h4-7,10-11,14H,8-9H2,1-3H3,(H,21,23)(H,22,24)/t14-/m0/s1. The summed E-state index contributed by atoms with van der Waals surface area (Å²) in [5.41, 5.74) is 3.11. The number of rotatable bonds is 5. The maximum Gasteiger partial charge on any atom is 0.237 e. The smallest absolute Gasteiger partial charge is 0.237 e. The monoisotopic (exact) mass is 418 g/mol. The van der Waals surface area contributed by atoms with Gasteiger partial charge >= 0.3 is 0 Å². The lowest BCUT2D eigenvalue weighted by Crippen LogP contribution is -2.26. The second kappa shape index (κ2) is 7.97. The number of aryl methyl sites for hydroxylation is 2. The highest BCUT2D eigenvalue weighted by Crippen LogP contribution is 2.36. The van der Waals surface area contributed by atoms with Gasteiger partial charge in [0, 0.05) is 17.0 Å². The van der Waals surface area contributed by atoms with Crippen LogP contribution in [-0.2, 0) is 19.4 Å². The molecule has 8 heteroatoms. The Labute approximate surface area is 169 Å². The molecule has 0 spiro atoms. The molecule has 6 nitrogen and oxygen atoms in total. The van der Waals surface area contributed by atoms with Crippen molar-refractivity contribution in [2.45, 2.75) is 42.2 Å². The van der Waals surface area contributed by atoms with Gasteiger partial charge in [-0.1, -0.05) is 12.1 Å². The molecule has 1 aliphatic heterocycles. The van der Waals surface area contributed by atoms with E-state index in [1.54, 1.807) is 13.0 Å². The van der Waals surface area contributed by atoms with Crippen molar-refractivity contribution < 1.29 is 18.0 Å². The molecule has 0 unspecified atom stereocenters. The highest BCUT2D eigenvalue weighted by molar-refractivity contribution is 8.01. The lowest BCUT2D eigenvalue weighted by molar-refractivity contribution is -0.116. The van der Waals surface area contributed by atoms with Gasteiger partial charge in [-0.25, -0.2) is 8.42 Å². The second-order valence-corrected chi connectivity index (χ2v) is 10.3. The first-order valence-corrected chi connectivity index (χ1v) is 11.4. The first-order valence-electron chi connectivity index (χ1n) is 8.87. The number of nitrogens with one attached hydrogen (secondary N) is 2. The number of hydrogen-bond acceptors (Lipinski definition) is 5. The van der Waals surface area contributed by atoms with Gasteiger partial charge in [0.25, 0.3) is 0 Å². The Kier molecular flexibility index (Phi) is 5.81. The van der Waals surface area contributed by atoms with Gasteiger partial charge in [-0.15, -0.1) is 11.8 Å². The topological polar surface area (TPSA) is 92.3 Å². The van der Waals surface area contributed by atoms with Crippen LogP contribution in [0.4, 0.5) is 11.4 Å². The van der Waals surface area contributed by atoms with Crippen LogP contribution in [0.1, 0.15) is 24.5 Å². The van der Waals surface area contributed by atoms with Crippen molar-refractivity contribution in [1.29, 1.82) is 0 Å². The van der Waals surface area contributed by atoms with Crippen LogP contribution < -0.4 is 10.6 Å². The molecule has 1 heterocycles. The predicted molar refractivity (Wildman–Crippen MR) is 112 cm³/mol. The molecule has 1 aliphatic rings. The molecule has 1 atom stereocenters. The van der Waals surface area contributed by atoms with Crippen molar-refractivity contribution in [3.63, 3.8) is 0 Å². The van der Waals surface area contributed by atoms with Crippen molar-refractivity contribution >= 4 is 44.8 Å². The van der Waals surface area contributed by atoms with Crippen LogP contribution in [0.25, 0.3) is 0 Å². The lowest BCUT2D eigenvalue weighted by atomic mass is 10.1. The molecule has 3 rings (SSSR count). The van der Waals surface area contributed by atoms with Crippen LogP contribution in [0.3, 0.4) is 0 Å². The molecule has 2 aromatic carbocycles. The zero-order valence-electron chi connectivity index (χ0n) is 15.9. The van der Waals surface area contributed by atoms with E-state index in [1.165, 1.54) is 23.9 Å². The Balaban J connectivity index is 1.69. The molecule has 0 fully saturated rings. The third-order valence-corrected chi connectivity index (χ3v) is 7.40. The van der Waals surface area contributed by atoms with E-state index >= 15 is 0 Å². The first-order chi connectivity index (χ1) is 13.2. The highest BCUT2D eigenvalue weighted by atomic mass is 32.2. The molecule has 0 bridgehead atoms. The molecule has 2 amide bonds. The Morgan fingerprint density at radius 3 is 2.68 bits per heavy atom. The van der Waals surface area contributed by atoms with Crippen molar-refractivity contribution in [2.75, 3.05) is 16.4 Å². The van der Waals surface area contributed by atoms with Gasteiger partial charge in [-0.3, -0.25) is 9.59 Å². The fourth-order valence-corrected chi connectivity index (χ4v) is 5.00. The number of hydrogen-bond donors (Lipinski definition) is 2. The minimum absolute atomic E-state index is 0.0984. The molecular weight excluding hydrogens is 396 g/mol. The summed E-state index contributed by atoms with van der Waals surface area (Å²) in [5, 5.41) is 5.28. The van der Waals surface area contributed by atoms with Crippen LogP contribution in [0.5, 0.6) is 0 Å². The fourth-order valence-electron chi connectivity index (χ4n) is 2.81. The number of carbonyl (C=O) groups excluding carboxylic acids is 2. The van der Waals surface area contributed by atoms with Crippen LogP contribution in [0.15, 0.2) is 46.2 Å². The number of sulfone groups is 1. The molecule has 0 saturated carbocycles. The minimum Gasteiger partial charge on any atom is -0.326 e. The number of benzene rings is 2. The molecule has 0 saturated heterocycles. The summed E-state index contributed by atoms with van der Waals surface area (Å²) in [5.74, 6) is -0.812. The molecule has 28 heavy (non-hydrogen) atoms. The van der Waals surface area contributed by atoms with Gasteiger partial charge in [0.1, 0.15) is 0 Å². The normalized spacial score (nSPS) is 16.2. The summed E-state index contributed by atoms with van der Waals surface area (Å²) in [7, 11) is -3.65. The molecule has 0 radical (unpaired) electrons. The van der Waals surface area contributed by atoms with E-state index in [1.807, 2.05) is 32.0 Å². The van der Waals surface area contributed by atoms with Crippen LogP contribution in [-0.4, -0.2) is 31.2 Å². The summed E-state index contributed by atoms with van der Waals surface area (Å²) in [6, 6.07) is 10.4. The molecule has 2 aromatic rings. The third-order valence-electron chi connectivity index (χ3n) is 4.51. The second-order valence-electron chi connectivity index (χ2n) is 6.84. The summed E-state index contributed by atoms with van der Waals surface area (Å²) in [6.45, 7) is 5.60. The van der Waals surface area contributed by atoms with Gasteiger partial charge in [0.15, 0.2) is 9.84 Å². The van der Waals surface area contributed by atoms with Crippen molar-refractivity contribution in [3.8, 4) is 0 Å². The van der Waals surface area contributed by atoms with E-state index in [0.717, 1.165) is 16.0 Å². The number of anilines is 2.